The third-order valence-corrected chi connectivity index (χ3v) is 1.84. The second-order valence-corrected chi connectivity index (χ2v) is 3.28. The lowest BCUT2D eigenvalue weighted by molar-refractivity contribution is -0.275. The fourth-order valence-electron chi connectivity index (χ4n) is 0.891. The van der Waals surface area contributed by atoms with E-state index in [1.165, 1.54) is 0 Å². The van der Waals surface area contributed by atoms with Crippen LogP contribution in [0.4, 0.5) is 17.6 Å². The van der Waals surface area contributed by atoms with Gasteiger partial charge in [0.2, 0.25) is 5.95 Å². The highest BCUT2D eigenvalue weighted by Gasteiger charge is 2.32. The summed E-state index contributed by atoms with van der Waals surface area (Å²) in [5, 5.41) is 0. The van der Waals surface area contributed by atoms with Gasteiger partial charge in [0.05, 0.1) is 5.56 Å². The summed E-state index contributed by atoms with van der Waals surface area (Å²) in [6.45, 7) is -0.433. The molecule has 0 bridgehead atoms. The predicted molar refractivity (Wildman–Crippen MR) is 46.5 cm³/mol. The molecule has 0 fully saturated rings. The molecule has 1 aromatic heterocycles. The SMILES string of the molecule is NCc1c(OC(F)(F)F)cc(Br)nc1F. The van der Waals surface area contributed by atoms with Crippen molar-refractivity contribution in [1.29, 1.82) is 0 Å². The number of pyridine rings is 1. The smallest absolute Gasteiger partial charge is 0.405 e. The Kier molecular flexibility index (Phi) is 3.50. The summed E-state index contributed by atoms with van der Waals surface area (Å²) < 4.78 is 52.2. The van der Waals surface area contributed by atoms with Crippen molar-refractivity contribution >= 4 is 15.9 Å². The standard InChI is InChI=1S/C7H5BrF4N2O/c8-5-1-4(15-7(10,11)12)3(2-13)6(9)14-5/h1H,2,13H2. The van der Waals surface area contributed by atoms with E-state index in [0.717, 1.165) is 6.07 Å². The average molecular weight is 289 g/mol. The molecule has 15 heavy (non-hydrogen) atoms. The zero-order valence-electron chi connectivity index (χ0n) is 7.11. The zero-order chi connectivity index (χ0) is 11.6. The fraction of sp³-hybridized carbons (Fsp3) is 0.286. The van der Waals surface area contributed by atoms with E-state index in [-0.39, 0.29) is 4.60 Å². The summed E-state index contributed by atoms with van der Waals surface area (Å²) in [5.41, 5.74) is 4.66. The van der Waals surface area contributed by atoms with Crippen LogP contribution in [0.15, 0.2) is 10.7 Å². The second-order valence-electron chi connectivity index (χ2n) is 2.46. The van der Waals surface area contributed by atoms with Gasteiger partial charge in [0.15, 0.2) is 0 Å². The maximum absolute atomic E-state index is 13.0. The van der Waals surface area contributed by atoms with Gasteiger partial charge in [0.1, 0.15) is 10.4 Å². The van der Waals surface area contributed by atoms with E-state index in [9.17, 15) is 17.6 Å². The van der Waals surface area contributed by atoms with Crippen LogP contribution in [0.2, 0.25) is 0 Å². The highest BCUT2D eigenvalue weighted by atomic mass is 79.9. The number of aromatic nitrogens is 1. The van der Waals surface area contributed by atoms with Crippen molar-refractivity contribution in [3.8, 4) is 5.75 Å². The van der Waals surface area contributed by atoms with Gasteiger partial charge in [-0.2, -0.15) is 4.39 Å². The molecule has 2 N–H and O–H groups in total. The molecule has 0 unspecified atom stereocenters. The van der Waals surface area contributed by atoms with Gasteiger partial charge in [-0.05, 0) is 15.9 Å². The van der Waals surface area contributed by atoms with Crippen LogP contribution in [0.25, 0.3) is 0 Å². The van der Waals surface area contributed by atoms with Crippen LogP contribution >= 0.6 is 15.9 Å². The average Bonchev–Trinajstić information content (AvgIpc) is 1.99. The number of hydrogen-bond donors (Lipinski definition) is 1. The van der Waals surface area contributed by atoms with Crippen LogP contribution in [0.1, 0.15) is 5.56 Å². The van der Waals surface area contributed by atoms with E-state index in [4.69, 9.17) is 5.73 Å². The van der Waals surface area contributed by atoms with Gasteiger partial charge in [-0.3, -0.25) is 0 Å². The third-order valence-electron chi connectivity index (χ3n) is 1.43. The Hall–Kier alpha value is -0.890. The summed E-state index contributed by atoms with van der Waals surface area (Å²) in [6, 6.07) is 0.902. The molecule has 8 heteroatoms. The van der Waals surface area contributed by atoms with E-state index in [1.54, 1.807) is 0 Å². The van der Waals surface area contributed by atoms with E-state index in [1.807, 2.05) is 0 Å². The molecule has 0 aromatic carbocycles. The maximum atomic E-state index is 13.0. The molecule has 0 aliphatic carbocycles. The minimum Gasteiger partial charge on any atom is -0.405 e. The molecule has 84 valence electrons. The Labute approximate surface area is 90.4 Å². The summed E-state index contributed by atoms with van der Waals surface area (Å²) in [4.78, 5) is 3.26. The highest BCUT2D eigenvalue weighted by molar-refractivity contribution is 9.10. The van der Waals surface area contributed by atoms with Crippen molar-refractivity contribution in [2.24, 2.45) is 5.73 Å². The molecule has 0 amide bonds. The van der Waals surface area contributed by atoms with Gasteiger partial charge >= 0.3 is 6.36 Å². The van der Waals surface area contributed by atoms with Crippen molar-refractivity contribution in [3.63, 3.8) is 0 Å². The molecule has 1 aromatic rings. The molecule has 0 saturated carbocycles. The van der Waals surface area contributed by atoms with Crippen LogP contribution in [-0.4, -0.2) is 11.3 Å². The van der Waals surface area contributed by atoms with Gasteiger partial charge in [-0.25, -0.2) is 4.98 Å². The van der Waals surface area contributed by atoms with E-state index >= 15 is 0 Å². The lowest BCUT2D eigenvalue weighted by Crippen LogP contribution is -2.19. The first kappa shape index (κ1) is 12.2. The van der Waals surface area contributed by atoms with Crippen LogP contribution in [0.3, 0.4) is 0 Å². The molecule has 0 atom stereocenters. The van der Waals surface area contributed by atoms with Gasteiger partial charge in [0.25, 0.3) is 0 Å². The van der Waals surface area contributed by atoms with E-state index in [2.05, 4.69) is 25.7 Å². The van der Waals surface area contributed by atoms with Crippen LogP contribution in [0.5, 0.6) is 5.75 Å². The van der Waals surface area contributed by atoms with Crippen molar-refractivity contribution in [1.82, 2.24) is 4.98 Å². The van der Waals surface area contributed by atoms with Gasteiger partial charge < -0.3 is 10.5 Å². The highest BCUT2D eigenvalue weighted by Crippen LogP contribution is 2.29. The lowest BCUT2D eigenvalue weighted by Gasteiger charge is -2.12. The Morgan fingerprint density at radius 1 is 1.47 bits per heavy atom. The molecule has 0 aliphatic heterocycles. The van der Waals surface area contributed by atoms with Gasteiger partial charge in [0, 0.05) is 12.6 Å². The minimum absolute atomic E-state index is 0.101. The number of alkyl halides is 3. The zero-order valence-corrected chi connectivity index (χ0v) is 8.69. The van der Waals surface area contributed by atoms with Gasteiger partial charge in [-0.15, -0.1) is 13.2 Å². The molecule has 1 heterocycles. The van der Waals surface area contributed by atoms with E-state index in [0.29, 0.717) is 0 Å². The van der Waals surface area contributed by atoms with Crippen molar-refractivity contribution in [2.45, 2.75) is 12.9 Å². The minimum atomic E-state index is -4.89. The maximum Gasteiger partial charge on any atom is 0.573 e. The first-order valence-electron chi connectivity index (χ1n) is 3.64. The number of hydrogen-bond acceptors (Lipinski definition) is 3. The van der Waals surface area contributed by atoms with Crippen molar-refractivity contribution in [3.05, 3.63) is 22.2 Å². The number of nitrogens with zero attached hydrogens (tertiary/aromatic N) is 1. The van der Waals surface area contributed by atoms with Crippen molar-refractivity contribution < 1.29 is 22.3 Å². The Morgan fingerprint density at radius 2 is 2.07 bits per heavy atom. The van der Waals surface area contributed by atoms with Crippen LogP contribution in [0, 0.1) is 5.95 Å². The number of nitrogens with two attached hydrogens (primary N) is 1. The third kappa shape index (κ3) is 3.31. The second kappa shape index (κ2) is 4.31. The monoisotopic (exact) mass is 288 g/mol. The summed E-state index contributed by atoms with van der Waals surface area (Å²) in [6.07, 6.45) is -4.89. The Balaban J connectivity index is 3.15. The van der Waals surface area contributed by atoms with Gasteiger partial charge in [-0.1, -0.05) is 0 Å². The lowest BCUT2D eigenvalue weighted by atomic mass is 10.2. The molecule has 0 saturated heterocycles. The number of rotatable bonds is 2. The summed E-state index contributed by atoms with van der Waals surface area (Å²) in [7, 11) is 0. The fourth-order valence-corrected chi connectivity index (χ4v) is 1.25. The molecular formula is C7H5BrF4N2O. The largest absolute Gasteiger partial charge is 0.573 e. The topological polar surface area (TPSA) is 48.1 Å². The quantitative estimate of drug-likeness (QED) is 0.671. The summed E-state index contributed by atoms with van der Waals surface area (Å²) in [5.74, 6) is -1.78. The molecule has 3 nitrogen and oxygen atoms in total. The predicted octanol–water partition coefficient (Wildman–Crippen LogP) is 2.34. The normalized spacial score (nSPS) is 11.6. The Morgan fingerprint density at radius 3 is 2.53 bits per heavy atom. The van der Waals surface area contributed by atoms with Crippen molar-refractivity contribution in [2.75, 3.05) is 0 Å². The molecule has 0 radical (unpaired) electrons. The summed E-state index contributed by atoms with van der Waals surface area (Å²) >= 11 is 2.74. The van der Waals surface area contributed by atoms with E-state index < -0.39 is 30.2 Å². The Bertz CT molecular complexity index is 369. The molecule has 0 spiro atoms. The molecular weight excluding hydrogens is 284 g/mol. The first-order valence-corrected chi connectivity index (χ1v) is 4.43. The molecule has 0 aliphatic rings. The number of ether oxygens (including phenoxy) is 1. The van der Waals surface area contributed by atoms with Crippen LogP contribution in [-0.2, 0) is 6.54 Å². The number of halogens is 5. The first-order chi connectivity index (χ1) is 6.83. The van der Waals surface area contributed by atoms with Crippen LogP contribution < -0.4 is 10.5 Å². The molecule has 1 rings (SSSR count).